The van der Waals surface area contributed by atoms with Crippen LogP contribution in [0.5, 0.6) is 0 Å². The second-order valence-corrected chi connectivity index (χ2v) is 8.10. The number of thioether (sulfide) groups is 1. The summed E-state index contributed by atoms with van der Waals surface area (Å²) in [6.45, 7) is 1.94. The molecule has 0 radical (unpaired) electrons. The third kappa shape index (κ3) is 3.73. The van der Waals surface area contributed by atoms with E-state index in [1.54, 1.807) is 23.1 Å². The van der Waals surface area contributed by atoms with Gasteiger partial charge in [0.05, 0.1) is 33.0 Å². The highest BCUT2D eigenvalue weighted by molar-refractivity contribution is 7.99. The van der Waals surface area contributed by atoms with Gasteiger partial charge < -0.3 is 10.3 Å². The first kappa shape index (κ1) is 17.1. The molecule has 2 N–H and O–H groups in total. The summed E-state index contributed by atoms with van der Waals surface area (Å²) < 4.78 is 1.19. The number of nitrogens with zero attached hydrogens (tertiary/aromatic N) is 2. The highest BCUT2D eigenvalue weighted by Crippen LogP contribution is 2.24. The van der Waals surface area contributed by atoms with Gasteiger partial charge >= 0.3 is 0 Å². The van der Waals surface area contributed by atoms with E-state index in [2.05, 4.69) is 26.3 Å². The molecule has 2 aromatic heterocycles. The van der Waals surface area contributed by atoms with E-state index in [9.17, 15) is 4.79 Å². The Bertz CT molecular complexity index is 990. The van der Waals surface area contributed by atoms with E-state index in [0.29, 0.717) is 5.75 Å². The maximum Gasteiger partial charge on any atom is 0.230 e. The number of hydrogen-bond donors (Lipinski definition) is 2. The molecule has 0 aliphatic carbocycles. The number of hydrogen-bond acceptors (Lipinski definition) is 5. The lowest BCUT2D eigenvalue weighted by molar-refractivity contribution is -0.119. The summed E-state index contributed by atoms with van der Waals surface area (Å²) in [5.74, 6) is 1.92. The van der Waals surface area contributed by atoms with E-state index < -0.39 is 0 Å². The average Bonchev–Trinajstić information content (AvgIpc) is 3.25. The molecule has 0 aliphatic heterocycles. The van der Waals surface area contributed by atoms with E-state index >= 15 is 0 Å². The van der Waals surface area contributed by atoms with Crippen molar-refractivity contribution < 1.29 is 4.79 Å². The van der Waals surface area contributed by atoms with E-state index in [1.807, 2.05) is 49.4 Å². The van der Waals surface area contributed by atoms with Crippen LogP contribution in [-0.2, 0) is 10.5 Å². The van der Waals surface area contributed by atoms with Crippen LogP contribution in [0.2, 0.25) is 0 Å². The van der Waals surface area contributed by atoms with Crippen LogP contribution in [0.25, 0.3) is 21.3 Å². The van der Waals surface area contributed by atoms with E-state index in [-0.39, 0.29) is 11.9 Å². The first-order valence-electron chi connectivity index (χ1n) is 8.35. The number of imidazole rings is 1. The number of fused-ring (bicyclic) bond motifs is 2. The van der Waals surface area contributed by atoms with Crippen LogP contribution in [0.15, 0.2) is 48.5 Å². The van der Waals surface area contributed by atoms with Gasteiger partial charge in [-0.1, -0.05) is 24.3 Å². The standard InChI is InChI=1S/C19H18N4OS2/c1-12(19-22-13-6-2-3-7-14(13)23-19)20-17(24)10-25-11-18-21-15-8-4-5-9-16(15)26-18/h2-9,12H,10-11H2,1H3,(H,20,24)(H,22,23). The molecular weight excluding hydrogens is 364 g/mol. The number of amides is 1. The van der Waals surface area contributed by atoms with E-state index in [4.69, 9.17) is 0 Å². The molecule has 2 heterocycles. The second-order valence-electron chi connectivity index (χ2n) is 6.00. The number of H-pyrrole nitrogens is 1. The Kier molecular flexibility index (Phi) is 4.90. The van der Waals surface area contributed by atoms with E-state index in [1.165, 1.54) is 4.70 Å². The Morgan fingerprint density at radius 2 is 1.92 bits per heavy atom. The number of thiazole rings is 1. The van der Waals surface area contributed by atoms with Crippen molar-refractivity contribution in [1.29, 1.82) is 0 Å². The first-order valence-corrected chi connectivity index (χ1v) is 10.3. The van der Waals surface area contributed by atoms with Gasteiger partial charge in [0.15, 0.2) is 0 Å². The molecule has 4 aromatic rings. The van der Waals surface area contributed by atoms with Crippen molar-refractivity contribution in [3.8, 4) is 0 Å². The zero-order valence-electron chi connectivity index (χ0n) is 14.2. The molecule has 1 unspecified atom stereocenters. The van der Waals surface area contributed by atoms with Crippen molar-refractivity contribution in [3.05, 3.63) is 59.4 Å². The van der Waals surface area contributed by atoms with Gasteiger partial charge in [-0.2, -0.15) is 0 Å². The number of para-hydroxylation sites is 3. The molecule has 26 heavy (non-hydrogen) atoms. The zero-order chi connectivity index (χ0) is 17.9. The predicted octanol–water partition coefficient (Wildman–Crippen LogP) is 4.28. The van der Waals surface area contributed by atoms with Gasteiger partial charge in [-0.3, -0.25) is 4.79 Å². The molecule has 0 saturated heterocycles. The van der Waals surface area contributed by atoms with Crippen LogP contribution < -0.4 is 5.32 Å². The number of rotatable bonds is 6. The van der Waals surface area contributed by atoms with Gasteiger partial charge in [0.2, 0.25) is 5.91 Å². The summed E-state index contributed by atoms with van der Waals surface area (Å²) in [6, 6.07) is 15.8. The lowest BCUT2D eigenvalue weighted by atomic mass is 10.3. The van der Waals surface area contributed by atoms with Gasteiger partial charge in [0.25, 0.3) is 0 Å². The number of aromatic amines is 1. The quantitative estimate of drug-likeness (QED) is 0.522. The monoisotopic (exact) mass is 382 g/mol. The van der Waals surface area contributed by atoms with Gasteiger partial charge in [-0.15, -0.1) is 23.1 Å². The molecule has 4 rings (SSSR count). The van der Waals surface area contributed by atoms with Crippen molar-refractivity contribution in [2.45, 2.75) is 18.7 Å². The van der Waals surface area contributed by atoms with Crippen molar-refractivity contribution in [1.82, 2.24) is 20.3 Å². The van der Waals surface area contributed by atoms with Crippen LogP contribution in [0, 0.1) is 0 Å². The van der Waals surface area contributed by atoms with Crippen LogP contribution in [0.1, 0.15) is 23.8 Å². The Labute approximate surface area is 159 Å². The van der Waals surface area contributed by atoms with Crippen LogP contribution in [0.4, 0.5) is 0 Å². The zero-order valence-corrected chi connectivity index (χ0v) is 15.9. The SMILES string of the molecule is CC(NC(=O)CSCc1nc2ccccc2s1)c1nc2ccccc2[nH]1. The predicted molar refractivity (Wildman–Crippen MR) is 108 cm³/mol. The van der Waals surface area contributed by atoms with Gasteiger partial charge in [-0.25, -0.2) is 9.97 Å². The number of carbonyl (C=O) groups is 1. The van der Waals surface area contributed by atoms with Gasteiger partial charge in [-0.05, 0) is 31.2 Å². The Hall–Kier alpha value is -2.38. The molecule has 0 spiro atoms. The Morgan fingerprint density at radius 1 is 1.15 bits per heavy atom. The van der Waals surface area contributed by atoms with Crippen molar-refractivity contribution in [2.24, 2.45) is 0 Å². The molecule has 1 amide bonds. The molecule has 7 heteroatoms. The van der Waals surface area contributed by atoms with Crippen molar-refractivity contribution in [2.75, 3.05) is 5.75 Å². The molecule has 0 bridgehead atoms. The van der Waals surface area contributed by atoms with Crippen LogP contribution in [-0.4, -0.2) is 26.6 Å². The van der Waals surface area contributed by atoms with Crippen LogP contribution in [0.3, 0.4) is 0 Å². The van der Waals surface area contributed by atoms with Crippen molar-refractivity contribution in [3.63, 3.8) is 0 Å². The lowest BCUT2D eigenvalue weighted by Crippen LogP contribution is -2.28. The molecule has 5 nitrogen and oxygen atoms in total. The third-order valence-corrected chi connectivity index (χ3v) is 6.16. The molecule has 132 valence electrons. The van der Waals surface area contributed by atoms with Crippen molar-refractivity contribution >= 4 is 50.3 Å². The molecule has 0 aliphatic rings. The minimum absolute atomic E-state index is 0.00377. The first-order chi connectivity index (χ1) is 12.7. The number of aromatic nitrogens is 3. The Balaban J connectivity index is 1.30. The highest BCUT2D eigenvalue weighted by Gasteiger charge is 2.14. The van der Waals surface area contributed by atoms with Crippen LogP contribution >= 0.6 is 23.1 Å². The average molecular weight is 383 g/mol. The highest BCUT2D eigenvalue weighted by atomic mass is 32.2. The molecular formula is C19H18N4OS2. The molecule has 0 fully saturated rings. The van der Waals surface area contributed by atoms with Gasteiger partial charge in [0, 0.05) is 5.75 Å². The molecule has 0 saturated carbocycles. The summed E-state index contributed by atoms with van der Waals surface area (Å²) in [5.41, 5.74) is 2.92. The topological polar surface area (TPSA) is 70.7 Å². The van der Waals surface area contributed by atoms with E-state index in [0.717, 1.165) is 33.1 Å². The lowest BCUT2D eigenvalue weighted by Gasteiger charge is -2.10. The minimum Gasteiger partial charge on any atom is -0.346 e. The summed E-state index contributed by atoms with van der Waals surface area (Å²) in [6.07, 6.45) is 0. The normalized spacial score (nSPS) is 12.5. The Morgan fingerprint density at radius 3 is 2.73 bits per heavy atom. The largest absolute Gasteiger partial charge is 0.346 e. The number of carbonyl (C=O) groups excluding carboxylic acids is 1. The fraction of sp³-hybridized carbons (Fsp3) is 0.211. The summed E-state index contributed by atoms with van der Waals surface area (Å²) in [4.78, 5) is 24.6. The molecule has 1 atom stereocenters. The molecule has 2 aromatic carbocycles. The number of nitrogens with one attached hydrogen (secondary N) is 2. The fourth-order valence-electron chi connectivity index (χ4n) is 2.74. The number of benzene rings is 2. The third-order valence-electron chi connectivity index (χ3n) is 3.99. The smallest absolute Gasteiger partial charge is 0.230 e. The maximum atomic E-state index is 12.2. The minimum atomic E-state index is -0.155. The summed E-state index contributed by atoms with van der Waals surface area (Å²) in [7, 11) is 0. The summed E-state index contributed by atoms with van der Waals surface area (Å²) >= 11 is 3.26. The summed E-state index contributed by atoms with van der Waals surface area (Å²) in [5, 5.41) is 4.05. The second kappa shape index (κ2) is 7.47. The fourth-order valence-corrected chi connectivity index (χ4v) is 4.60. The maximum absolute atomic E-state index is 12.2. The van der Waals surface area contributed by atoms with Gasteiger partial charge in [0.1, 0.15) is 10.8 Å².